The summed E-state index contributed by atoms with van der Waals surface area (Å²) in [5.41, 5.74) is 2.60. The van der Waals surface area contributed by atoms with E-state index in [0.29, 0.717) is 6.04 Å². The van der Waals surface area contributed by atoms with Gasteiger partial charge in [-0.15, -0.1) is 0 Å². The van der Waals surface area contributed by atoms with Crippen LogP contribution in [0.5, 0.6) is 0 Å². The van der Waals surface area contributed by atoms with Crippen LogP contribution in [0.15, 0.2) is 24.3 Å². The van der Waals surface area contributed by atoms with E-state index in [1.807, 2.05) is 0 Å². The normalized spacial score (nSPS) is 12.8. The Hall–Kier alpha value is -1.02. The Morgan fingerprint density at radius 3 is 2.35 bits per heavy atom. The summed E-state index contributed by atoms with van der Waals surface area (Å²) in [6, 6.07) is 9.33. The molecule has 1 aromatic rings. The number of hydrogen-bond donors (Lipinski definition) is 1. The van der Waals surface area contributed by atoms with Crippen molar-refractivity contribution in [3.8, 4) is 0 Å². The van der Waals surface area contributed by atoms with E-state index in [1.54, 1.807) is 0 Å². The van der Waals surface area contributed by atoms with Gasteiger partial charge < -0.3 is 10.2 Å². The molecule has 2 nitrogen and oxygen atoms in total. The minimum Gasteiger partial charge on any atom is -0.383 e. The summed E-state index contributed by atoms with van der Waals surface area (Å²) in [6.45, 7) is 5.50. The van der Waals surface area contributed by atoms with Gasteiger partial charge in [0.25, 0.3) is 0 Å². The van der Waals surface area contributed by atoms with E-state index in [9.17, 15) is 0 Å². The van der Waals surface area contributed by atoms with Crippen LogP contribution in [-0.2, 0) is 6.54 Å². The fourth-order valence-corrected chi connectivity index (χ4v) is 1.94. The van der Waals surface area contributed by atoms with E-state index < -0.39 is 0 Å². The predicted molar refractivity (Wildman–Crippen MR) is 76.4 cm³/mol. The van der Waals surface area contributed by atoms with Crippen LogP contribution in [0.4, 0.5) is 5.69 Å². The van der Waals surface area contributed by atoms with Crippen LogP contribution in [0.25, 0.3) is 0 Å². The van der Waals surface area contributed by atoms with Gasteiger partial charge in [0.2, 0.25) is 0 Å². The zero-order valence-electron chi connectivity index (χ0n) is 11.7. The second kappa shape index (κ2) is 7.33. The quantitative estimate of drug-likeness (QED) is 0.773. The van der Waals surface area contributed by atoms with Gasteiger partial charge in [0.1, 0.15) is 0 Å². The summed E-state index contributed by atoms with van der Waals surface area (Å²) in [5.74, 6) is 0. The fraction of sp³-hybridized carbons (Fsp3) is 0.600. The summed E-state index contributed by atoms with van der Waals surface area (Å²) in [4.78, 5) is 2.19. The maximum atomic E-state index is 3.54. The molecule has 0 aliphatic rings. The van der Waals surface area contributed by atoms with Crippen molar-refractivity contribution in [2.24, 2.45) is 0 Å². The van der Waals surface area contributed by atoms with Gasteiger partial charge in [-0.1, -0.05) is 31.9 Å². The number of anilines is 1. The molecule has 0 spiro atoms. The third-order valence-electron chi connectivity index (χ3n) is 2.86. The Labute approximate surface area is 106 Å². The number of nitrogens with zero attached hydrogens (tertiary/aromatic N) is 1. The molecule has 17 heavy (non-hydrogen) atoms. The lowest BCUT2D eigenvalue weighted by Gasteiger charge is -2.15. The molecule has 0 heterocycles. The number of hydrogen-bond acceptors (Lipinski definition) is 2. The molecule has 1 unspecified atom stereocenters. The van der Waals surface area contributed by atoms with Crippen LogP contribution >= 0.6 is 0 Å². The zero-order valence-corrected chi connectivity index (χ0v) is 11.7. The first-order valence-corrected chi connectivity index (χ1v) is 6.62. The van der Waals surface area contributed by atoms with Gasteiger partial charge in [0.15, 0.2) is 0 Å². The molecule has 2 heteroatoms. The first-order chi connectivity index (χ1) is 8.11. The molecule has 96 valence electrons. The molecule has 1 aromatic carbocycles. The second-order valence-corrected chi connectivity index (χ2v) is 5.12. The minimum atomic E-state index is 0.564. The molecule has 0 bridgehead atoms. The highest BCUT2D eigenvalue weighted by molar-refractivity contribution is 5.45. The largest absolute Gasteiger partial charge is 0.383 e. The second-order valence-electron chi connectivity index (χ2n) is 5.12. The molecular weight excluding hydrogens is 208 g/mol. The summed E-state index contributed by atoms with van der Waals surface area (Å²) in [6.07, 6.45) is 3.82. The molecule has 0 saturated carbocycles. The van der Waals surface area contributed by atoms with Crippen LogP contribution in [0.2, 0.25) is 0 Å². The van der Waals surface area contributed by atoms with Crippen LogP contribution < -0.4 is 5.32 Å². The van der Waals surface area contributed by atoms with Gasteiger partial charge >= 0.3 is 0 Å². The molecule has 0 aliphatic heterocycles. The Kier molecular flexibility index (Phi) is 6.06. The smallest absolute Gasteiger partial charge is 0.0342 e. The van der Waals surface area contributed by atoms with E-state index in [4.69, 9.17) is 0 Å². The molecule has 0 saturated heterocycles. The number of nitrogens with one attached hydrogen (secondary N) is 1. The van der Waals surface area contributed by atoms with Crippen molar-refractivity contribution < 1.29 is 0 Å². The fourth-order valence-electron chi connectivity index (χ4n) is 1.94. The van der Waals surface area contributed by atoms with Gasteiger partial charge in [0, 0.05) is 18.3 Å². The van der Waals surface area contributed by atoms with E-state index in [1.165, 1.54) is 30.5 Å². The molecule has 1 atom stereocenters. The van der Waals surface area contributed by atoms with Crippen LogP contribution in [0, 0.1) is 0 Å². The molecule has 0 amide bonds. The van der Waals surface area contributed by atoms with Crippen molar-refractivity contribution in [1.29, 1.82) is 0 Å². The van der Waals surface area contributed by atoms with Crippen molar-refractivity contribution >= 4 is 5.69 Å². The topological polar surface area (TPSA) is 15.3 Å². The monoisotopic (exact) mass is 234 g/mol. The van der Waals surface area contributed by atoms with Crippen molar-refractivity contribution in [2.75, 3.05) is 19.4 Å². The van der Waals surface area contributed by atoms with E-state index in [2.05, 4.69) is 62.4 Å². The van der Waals surface area contributed by atoms with Gasteiger partial charge in [-0.2, -0.15) is 0 Å². The molecule has 0 aliphatic carbocycles. The average molecular weight is 234 g/mol. The summed E-state index contributed by atoms with van der Waals surface area (Å²) in [7, 11) is 4.19. The predicted octanol–water partition coefficient (Wildman–Crippen LogP) is 3.74. The highest BCUT2D eigenvalue weighted by atomic mass is 15.0. The first-order valence-electron chi connectivity index (χ1n) is 6.62. The third-order valence-corrected chi connectivity index (χ3v) is 2.86. The van der Waals surface area contributed by atoms with Gasteiger partial charge in [0.05, 0.1) is 0 Å². The van der Waals surface area contributed by atoms with Gasteiger partial charge in [-0.25, -0.2) is 0 Å². The average Bonchev–Trinajstić information content (AvgIpc) is 2.28. The number of unbranched alkanes of at least 4 members (excludes halogenated alkanes) is 1. The Morgan fingerprint density at radius 1 is 1.18 bits per heavy atom. The van der Waals surface area contributed by atoms with Crippen molar-refractivity contribution in [2.45, 2.75) is 45.7 Å². The summed E-state index contributed by atoms with van der Waals surface area (Å²) < 4.78 is 0. The highest BCUT2D eigenvalue weighted by Crippen LogP contribution is 2.13. The van der Waals surface area contributed by atoms with Crippen molar-refractivity contribution in [1.82, 2.24) is 4.90 Å². The van der Waals surface area contributed by atoms with Gasteiger partial charge in [-0.3, -0.25) is 0 Å². The SMILES string of the molecule is CCCCC(C)Nc1ccc(CN(C)C)cc1. The first kappa shape index (κ1) is 14.0. The lowest BCUT2D eigenvalue weighted by molar-refractivity contribution is 0.402. The lowest BCUT2D eigenvalue weighted by atomic mass is 10.1. The molecule has 1 N–H and O–H groups in total. The van der Waals surface area contributed by atoms with Gasteiger partial charge in [-0.05, 0) is 45.1 Å². The van der Waals surface area contributed by atoms with Crippen molar-refractivity contribution in [3.63, 3.8) is 0 Å². The zero-order chi connectivity index (χ0) is 12.7. The maximum Gasteiger partial charge on any atom is 0.0342 e. The maximum absolute atomic E-state index is 3.54. The Bertz CT molecular complexity index is 303. The Balaban J connectivity index is 2.44. The molecule has 1 rings (SSSR count). The molecular formula is C15H26N2. The number of rotatable bonds is 7. The van der Waals surface area contributed by atoms with Crippen LogP contribution in [0.3, 0.4) is 0 Å². The Morgan fingerprint density at radius 2 is 1.82 bits per heavy atom. The van der Waals surface area contributed by atoms with E-state index in [0.717, 1.165) is 6.54 Å². The molecule has 0 aromatic heterocycles. The lowest BCUT2D eigenvalue weighted by Crippen LogP contribution is -2.15. The van der Waals surface area contributed by atoms with E-state index >= 15 is 0 Å². The summed E-state index contributed by atoms with van der Waals surface area (Å²) in [5, 5.41) is 3.54. The molecule has 0 radical (unpaired) electrons. The molecule has 0 fully saturated rings. The standard InChI is InChI=1S/C15H26N2/c1-5-6-7-13(2)16-15-10-8-14(9-11-15)12-17(3)4/h8-11,13,16H,5-7,12H2,1-4H3. The third kappa shape index (κ3) is 5.73. The highest BCUT2D eigenvalue weighted by Gasteiger charge is 2.01. The minimum absolute atomic E-state index is 0.564. The van der Waals surface area contributed by atoms with Crippen LogP contribution in [0.1, 0.15) is 38.7 Å². The summed E-state index contributed by atoms with van der Waals surface area (Å²) >= 11 is 0. The number of benzene rings is 1. The van der Waals surface area contributed by atoms with Crippen molar-refractivity contribution in [3.05, 3.63) is 29.8 Å². The van der Waals surface area contributed by atoms with E-state index in [-0.39, 0.29) is 0 Å². The van der Waals surface area contributed by atoms with Crippen LogP contribution in [-0.4, -0.2) is 25.0 Å².